The largest absolute Gasteiger partial charge is 0.414 e. The molecule has 1 aromatic carbocycles. The van der Waals surface area contributed by atoms with Crippen molar-refractivity contribution in [1.29, 1.82) is 0 Å². The number of pyridine rings is 1. The highest BCUT2D eigenvalue weighted by atomic mass is 32.2. The molecule has 1 aromatic heterocycles. The number of anilines is 1. The van der Waals surface area contributed by atoms with Gasteiger partial charge in [-0.25, -0.2) is 17.2 Å². The predicted molar refractivity (Wildman–Crippen MR) is 118 cm³/mol. The number of nitrogens with one attached hydrogen (secondary N) is 1. The molecule has 4 rings (SSSR count). The molecule has 0 bridgehead atoms. The lowest BCUT2D eigenvalue weighted by Crippen LogP contribution is -2.44. The molecule has 1 N–H and O–H groups in total. The van der Waals surface area contributed by atoms with E-state index in [4.69, 9.17) is 0 Å². The molecule has 0 spiro atoms. The fourth-order valence-electron chi connectivity index (χ4n) is 4.74. The number of halogens is 5. The maximum atomic E-state index is 13.9. The Morgan fingerprint density at radius 2 is 1.66 bits per heavy atom. The van der Waals surface area contributed by atoms with Crippen LogP contribution in [0.15, 0.2) is 30.5 Å². The van der Waals surface area contributed by atoms with Gasteiger partial charge in [-0.1, -0.05) is 0 Å². The Balaban J connectivity index is 1.46. The first-order valence-electron chi connectivity index (χ1n) is 11.1. The maximum Gasteiger partial charge on any atom is 0.414 e. The molecule has 0 unspecified atom stereocenters. The number of hydrogen-bond donors (Lipinski definition) is 1. The van der Waals surface area contributed by atoms with Crippen molar-refractivity contribution in [3.05, 3.63) is 58.9 Å². The van der Waals surface area contributed by atoms with Crippen molar-refractivity contribution in [2.45, 2.75) is 43.9 Å². The van der Waals surface area contributed by atoms with Gasteiger partial charge in [-0.3, -0.25) is 9.78 Å². The van der Waals surface area contributed by atoms with E-state index >= 15 is 0 Å². The summed E-state index contributed by atoms with van der Waals surface area (Å²) in [5.41, 5.74) is 1.39. The van der Waals surface area contributed by atoms with Gasteiger partial charge in [-0.2, -0.15) is 13.2 Å². The van der Waals surface area contributed by atoms with Crippen molar-refractivity contribution in [3.8, 4) is 0 Å². The van der Waals surface area contributed by atoms with Crippen molar-refractivity contribution >= 4 is 21.4 Å². The fraction of sp³-hybridized carbons (Fsp3) is 0.478. The van der Waals surface area contributed by atoms with Gasteiger partial charge in [-0.15, -0.1) is 0 Å². The van der Waals surface area contributed by atoms with Gasteiger partial charge in [0, 0.05) is 19.0 Å². The van der Waals surface area contributed by atoms with Crippen LogP contribution >= 0.6 is 0 Å². The Labute approximate surface area is 199 Å². The van der Waals surface area contributed by atoms with E-state index in [2.05, 4.69) is 10.3 Å². The van der Waals surface area contributed by atoms with Gasteiger partial charge in [-0.05, 0) is 61.1 Å². The van der Waals surface area contributed by atoms with Crippen molar-refractivity contribution in [1.82, 2.24) is 9.88 Å². The predicted octanol–water partition coefficient (Wildman–Crippen LogP) is 3.83. The number of sulfone groups is 1. The summed E-state index contributed by atoms with van der Waals surface area (Å²) >= 11 is 0. The first kappa shape index (κ1) is 25.3. The minimum atomic E-state index is -4.80. The number of carbonyl (C=O) groups excluding carboxylic acids is 1. The first-order chi connectivity index (χ1) is 16.3. The SMILES string of the molecule is CN(C(=O)C1CCS(=O)(=O)CC1)[C@@H](c1ccc(NC2Cc3cc(F)c(F)cc3C2)cn1)C(F)(F)F. The van der Waals surface area contributed by atoms with E-state index in [-0.39, 0.29) is 36.1 Å². The summed E-state index contributed by atoms with van der Waals surface area (Å²) in [5.74, 6) is -3.88. The minimum absolute atomic E-state index is 0.00997. The molecule has 190 valence electrons. The fourth-order valence-corrected chi connectivity index (χ4v) is 6.23. The smallest absolute Gasteiger partial charge is 0.380 e. The average Bonchev–Trinajstić information content (AvgIpc) is 3.14. The number of fused-ring (bicyclic) bond motifs is 1. The van der Waals surface area contributed by atoms with Crippen LogP contribution in [0.25, 0.3) is 0 Å². The third-order valence-corrected chi connectivity index (χ3v) is 8.28. The number of hydrogen-bond acceptors (Lipinski definition) is 5. The van der Waals surface area contributed by atoms with E-state index in [0.717, 1.165) is 19.2 Å². The van der Waals surface area contributed by atoms with E-state index in [1.165, 1.54) is 18.3 Å². The summed E-state index contributed by atoms with van der Waals surface area (Å²) < 4.78 is 92.0. The summed E-state index contributed by atoms with van der Waals surface area (Å²) in [6.45, 7) is 0. The Hall–Kier alpha value is -2.76. The molecule has 0 radical (unpaired) electrons. The summed E-state index contributed by atoms with van der Waals surface area (Å²) in [6.07, 6.45) is -2.74. The molecule has 1 amide bonds. The van der Waals surface area contributed by atoms with Crippen LogP contribution < -0.4 is 5.32 Å². The Bertz CT molecular complexity index is 1170. The lowest BCUT2D eigenvalue weighted by Gasteiger charge is -2.33. The van der Waals surface area contributed by atoms with E-state index in [0.29, 0.717) is 34.6 Å². The Kier molecular flexibility index (Phi) is 6.78. The number of amides is 1. The average molecular weight is 518 g/mol. The zero-order valence-corrected chi connectivity index (χ0v) is 19.6. The van der Waals surface area contributed by atoms with Gasteiger partial charge in [0.05, 0.1) is 29.1 Å². The zero-order chi connectivity index (χ0) is 25.5. The molecule has 1 saturated heterocycles. The highest BCUT2D eigenvalue weighted by Gasteiger charge is 2.47. The summed E-state index contributed by atoms with van der Waals surface area (Å²) in [5, 5.41) is 3.12. The second kappa shape index (κ2) is 9.36. The molecule has 1 atom stereocenters. The summed E-state index contributed by atoms with van der Waals surface area (Å²) in [4.78, 5) is 17.3. The standard InChI is InChI=1S/C23H24F5N3O3S/c1-31(22(32)13-4-6-35(33,34)7-5-13)21(23(26,27)28)20-3-2-16(12-29-20)30-17-8-14-10-18(24)19(25)11-15(14)9-17/h2-3,10-13,17,21,30H,4-9H2,1H3/t21-/m0/s1. The van der Waals surface area contributed by atoms with E-state index < -0.39 is 45.5 Å². The number of rotatable bonds is 5. The Morgan fingerprint density at radius 3 is 2.14 bits per heavy atom. The van der Waals surface area contributed by atoms with Crippen LogP contribution in [0.5, 0.6) is 0 Å². The summed E-state index contributed by atoms with van der Waals surface area (Å²) in [6, 6.07) is 2.40. The molecular formula is C23H24F5N3O3S. The molecule has 1 aliphatic carbocycles. The lowest BCUT2D eigenvalue weighted by atomic mass is 9.99. The molecule has 12 heteroatoms. The maximum absolute atomic E-state index is 13.9. The highest BCUT2D eigenvalue weighted by molar-refractivity contribution is 7.91. The molecular weight excluding hydrogens is 493 g/mol. The van der Waals surface area contributed by atoms with E-state index in [1.807, 2.05) is 0 Å². The second-order valence-corrected chi connectivity index (χ2v) is 11.4. The molecule has 6 nitrogen and oxygen atoms in total. The highest BCUT2D eigenvalue weighted by Crippen LogP contribution is 2.38. The van der Waals surface area contributed by atoms with Crippen LogP contribution in [0.2, 0.25) is 0 Å². The monoisotopic (exact) mass is 517 g/mol. The van der Waals surface area contributed by atoms with Gasteiger partial charge in [0.2, 0.25) is 5.91 Å². The first-order valence-corrected chi connectivity index (χ1v) is 12.9. The van der Waals surface area contributed by atoms with E-state index in [1.54, 1.807) is 0 Å². The molecule has 2 aromatic rings. The van der Waals surface area contributed by atoms with Crippen molar-refractivity contribution in [2.75, 3.05) is 23.9 Å². The molecule has 2 aliphatic rings. The lowest BCUT2D eigenvalue weighted by molar-refractivity contribution is -0.191. The molecule has 1 aliphatic heterocycles. The third kappa shape index (κ3) is 5.57. The van der Waals surface area contributed by atoms with Crippen LogP contribution in [0.3, 0.4) is 0 Å². The van der Waals surface area contributed by atoms with Crippen LogP contribution in [0.1, 0.15) is 35.7 Å². The Morgan fingerprint density at radius 1 is 1.09 bits per heavy atom. The summed E-state index contributed by atoms with van der Waals surface area (Å²) in [7, 11) is -2.21. The number of benzene rings is 1. The minimum Gasteiger partial charge on any atom is -0.380 e. The van der Waals surface area contributed by atoms with Gasteiger partial charge in [0.25, 0.3) is 0 Å². The van der Waals surface area contributed by atoms with Gasteiger partial charge >= 0.3 is 6.18 Å². The number of nitrogens with zero attached hydrogens (tertiary/aromatic N) is 2. The van der Waals surface area contributed by atoms with Crippen molar-refractivity contribution < 1.29 is 35.2 Å². The van der Waals surface area contributed by atoms with Crippen LogP contribution in [-0.2, 0) is 27.5 Å². The van der Waals surface area contributed by atoms with Crippen molar-refractivity contribution in [2.24, 2.45) is 5.92 Å². The molecule has 35 heavy (non-hydrogen) atoms. The second-order valence-electron chi connectivity index (χ2n) is 9.08. The van der Waals surface area contributed by atoms with Crippen molar-refractivity contribution in [3.63, 3.8) is 0 Å². The third-order valence-electron chi connectivity index (χ3n) is 6.56. The topological polar surface area (TPSA) is 79.4 Å². The number of aromatic nitrogens is 1. The van der Waals surface area contributed by atoms with Gasteiger partial charge < -0.3 is 10.2 Å². The molecule has 1 fully saturated rings. The van der Waals surface area contributed by atoms with Gasteiger partial charge in [0.1, 0.15) is 9.84 Å². The van der Waals surface area contributed by atoms with Crippen LogP contribution in [-0.4, -0.2) is 55.0 Å². The molecule has 2 heterocycles. The van der Waals surface area contributed by atoms with Crippen LogP contribution in [0.4, 0.5) is 27.6 Å². The number of carbonyl (C=O) groups is 1. The van der Waals surface area contributed by atoms with Crippen LogP contribution in [0, 0.1) is 17.6 Å². The quantitative estimate of drug-likeness (QED) is 0.610. The number of alkyl halides is 3. The zero-order valence-electron chi connectivity index (χ0n) is 18.8. The normalized spacial score (nSPS) is 19.3. The van der Waals surface area contributed by atoms with Gasteiger partial charge in [0.15, 0.2) is 17.7 Å². The van der Waals surface area contributed by atoms with E-state index in [9.17, 15) is 35.2 Å². The molecule has 0 saturated carbocycles.